The Kier molecular flexibility index (Phi) is 2.79. The molecule has 2 unspecified atom stereocenters. The van der Waals surface area contributed by atoms with Crippen LogP contribution >= 0.6 is 0 Å². The van der Waals surface area contributed by atoms with Gasteiger partial charge in [-0.05, 0) is 98.7 Å². The van der Waals surface area contributed by atoms with E-state index in [0.717, 1.165) is 5.92 Å². The van der Waals surface area contributed by atoms with E-state index >= 15 is 0 Å². The molecule has 1 aromatic rings. The van der Waals surface area contributed by atoms with Crippen LogP contribution in [0.4, 0.5) is 0 Å². The molecule has 0 nitrogen and oxygen atoms in total. The Labute approximate surface area is 129 Å². The third kappa shape index (κ3) is 1.94. The lowest BCUT2D eigenvalue weighted by Crippen LogP contribution is -2.20. The monoisotopic (exact) mass is 276 g/mol. The van der Waals surface area contributed by atoms with E-state index < -0.39 is 0 Å². The standard InChI is InChI=1S/C21H24/c1-2-6-15(5-1)17-11-18(16-7-3-4-8-16)13-20(12-17)21-10-9-19(21)14-21/h1,3,11-13,19H,2,4-10,14H2. The SMILES string of the molecule is [CH]1CC[C](c2cc([C]3C[CH]CC3)cc(C34CCC3C4)c2)C1. The number of fused-ring (bicyclic) bond motifs is 1. The maximum absolute atomic E-state index is 2.57. The van der Waals surface area contributed by atoms with E-state index in [-0.39, 0.29) is 0 Å². The van der Waals surface area contributed by atoms with Crippen LogP contribution in [0.25, 0.3) is 0 Å². The van der Waals surface area contributed by atoms with Crippen LogP contribution in [0.1, 0.15) is 74.5 Å². The van der Waals surface area contributed by atoms with Gasteiger partial charge in [-0.15, -0.1) is 0 Å². The summed E-state index contributed by atoms with van der Waals surface area (Å²) < 4.78 is 0. The van der Waals surface area contributed by atoms with Crippen LogP contribution in [0.3, 0.4) is 0 Å². The van der Waals surface area contributed by atoms with E-state index in [1.807, 2.05) is 0 Å². The molecule has 4 fully saturated rings. The van der Waals surface area contributed by atoms with Crippen LogP contribution in [0.2, 0.25) is 0 Å². The van der Waals surface area contributed by atoms with Crippen molar-refractivity contribution in [3.05, 3.63) is 59.6 Å². The van der Waals surface area contributed by atoms with Gasteiger partial charge in [-0.3, -0.25) is 0 Å². The summed E-state index contributed by atoms with van der Waals surface area (Å²) in [5.41, 5.74) is 5.45. The predicted molar refractivity (Wildman–Crippen MR) is 86.5 cm³/mol. The van der Waals surface area contributed by atoms with E-state index in [4.69, 9.17) is 0 Å². The van der Waals surface area contributed by atoms with Crippen LogP contribution in [-0.2, 0) is 5.41 Å². The molecule has 0 bridgehead atoms. The molecule has 108 valence electrons. The van der Waals surface area contributed by atoms with Crippen molar-refractivity contribution >= 4 is 0 Å². The Balaban J connectivity index is 1.54. The second kappa shape index (κ2) is 4.61. The summed E-state index contributed by atoms with van der Waals surface area (Å²) in [6, 6.07) is 7.64. The summed E-state index contributed by atoms with van der Waals surface area (Å²) in [5.74, 6) is 4.41. The van der Waals surface area contributed by atoms with Gasteiger partial charge in [0.25, 0.3) is 0 Å². The molecule has 0 saturated heterocycles. The average molecular weight is 276 g/mol. The maximum Gasteiger partial charge on any atom is 0.00529 e. The molecule has 4 saturated carbocycles. The lowest BCUT2D eigenvalue weighted by Gasteiger charge is -2.28. The summed E-state index contributed by atoms with van der Waals surface area (Å²) in [5, 5.41) is 0. The van der Waals surface area contributed by atoms with Crippen molar-refractivity contribution < 1.29 is 0 Å². The molecule has 2 atom stereocenters. The third-order valence-electron chi connectivity index (χ3n) is 6.58. The summed E-state index contributed by atoms with van der Waals surface area (Å²) in [6.07, 6.45) is 16.9. The van der Waals surface area contributed by atoms with Gasteiger partial charge in [0.1, 0.15) is 0 Å². The Morgan fingerprint density at radius 3 is 1.90 bits per heavy atom. The number of hydrogen-bond acceptors (Lipinski definition) is 0. The highest BCUT2D eigenvalue weighted by Crippen LogP contribution is 2.68. The molecule has 0 spiro atoms. The van der Waals surface area contributed by atoms with E-state index in [1.54, 1.807) is 28.5 Å². The molecule has 4 aliphatic carbocycles. The van der Waals surface area contributed by atoms with Gasteiger partial charge in [-0.1, -0.05) is 18.2 Å². The van der Waals surface area contributed by atoms with Gasteiger partial charge in [0.05, 0.1) is 0 Å². The summed E-state index contributed by atoms with van der Waals surface area (Å²) in [7, 11) is 0. The van der Waals surface area contributed by atoms with Gasteiger partial charge in [0, 0.05) is 11.8 Å². The third-order valence-corrected chi connectivity index (χ3v) is 6.58. The normalized spacial score (nSPS) is 35.7. The number of benzene rings is 1. The minimum absolute atomic E-state index is 0.622. The highest BCUT2D eigenvalue weighted by atomic mass is 14.7. The Bertz CT molecular complexity index is 507. The van der Waals surface area contributed by atoms with Crippen molar-refractivity contribution in [2.45, 2.75) is 63.2 Å². The van der Waals surface area contributed by atoms with Gasteiger partial charge in [0.2, 0.25) is 0 Å². The molecule has 0 heteroatoms. The minimum atomic E-state index is 0.622. The lowest BCUT2D eigenvalue weighted by molar-refractivity contribution is 0.400. The number of hydrogen-bond donors (Lipinski definition) is 0. The Morgan fingerprint density at radius 1 is 0.857 bits per heavy atom. The first-order valence-corrected chi connectivity index (χ1v) is 8.84. The Morgan fingerprint density at radius 2 is 1.52 bits per heavy atom. The van der Waals surface area contributed by atoms with E-state index in [0.29, 0.717) is 5.41 Å². The topological polar surface area (TPSA) is 0 Å². The second-order valence-corrected chi connectivity index (χ2v) is 7.66. The molecule has 0 N–H and O–H groups in total. The van der Waals surface area contributed by atoms with Crippen LogP contribution in [0.5, 0.6) is 0 Å². The van der Waals surface area contributed by atoms with Gasteiger partial charge >= 0.3 is 0 Å². The highest BCUT2D eigenvalue weighted by Gasteiger charge is 2.61. The molecule has 0 aromatic heterocycles. The lowest BCUT2D eigenvalue weighted by atomic mass is 9.76. The van der Waals surface area contributed by atoms with Crippen molar-refractivity contribution in [3.8, 4) is 0 Å². The Hall–Kier alpha value is -0.780. The average Bonchev–Trinajstić information content (AvgIpc) is 3.03. The van der Waals surface area contributed by atoms with Gasteiger partial charge in [0.15, 0.2) is 0 Å². The van der Waals surface area contributed by atoms with E-state index in [2.05, 4.69) is 31.0 Å². The summed E-state index contributed by atoms with van der Waals surface area (Å²) >= 11 is 0. The quantitative estimate of drug-likeness (QED) is 0.697. The molecule has 21 heavy (non-hydrogen) atoms. The number of rotatable bonds is 3. The van der Waals surface area contributed by atoms with Crippen molar-refractivity contribution in [2.24, 2.45) is 5.92 Å². The van der Waals surface area contributed by atoms with E-state index in [9.17, 15) is 0 Å². The van der Waals surface area contributed by atoms with Crippen LogP contribution in [0, 0.1) is 30.6 Å². The fraction of sp³-hybridized carbons (Fsp3) is 0.524. The molecule has 5 rings (SSSR count). The first-order valence-electron chi connectivity index (χ1n) is 8.84. The summed E-state index contributed by atoms with van der Waals surface area (Å²) in [6.45, 7) is 0. The van der Waals surface area contributed by atoms with Gasteiger partial charge < -0.3 is 0 Å². The smallest absolute Gasteiger partial charge is 0.00529 e. The van der Waals surface area contributed by atoms with Gasteiger partial charge in [-0.25, -0.2) is 0 Å². The molecule has 0 amide bonds. The molecule has 1 aromatic carbocycles. The fourth-order valence-electron chi connectivity index (χ4n) is 4.94. The van der Waals surface area contributed by atoms with Crippen LogP contribution in [-0.4, -0.2) is 0 Å². The van der Waals surface area contributed by atoms with E-state index in [1.165, 1.54) is 57.8 Å². The first kappa shape index (κ1) is 12.7. The molecule has 0 aliphatic heterocycles. The highest BCUT2D eigenvalue weighted by molar-refractivity contribution is 5.50. The zero-order chi connectivity index (χ0) is 13.9. The largest absolute Gasteiger partial charge is 0.0546 e. The molecule has 4 radical (unpaired) electrons. The zero-order valence-corrected chi connectivity index (χ0v) is 12.8. The fourth-order valence-corrected chi connectivity index (χ4v) is 4.94. The predicted octanol–water partition coefficient (Wildman–Crippen LogP) is 5.36. The molecule has 0 heterocycles. The first-order chi connectivity index (χ1) is 10.4. The van der Waals surface area contributed by atoms with Crippen LogP contribution in [0.15, 0.2) is 18.2 Å². The molecular weight excluding hydrogens is 252 g/mol. The van der Waals surface area contributed by atoms with Crippen molar-refractivity contribution in [1.29, 1.82) is 0 Å². The van der Waals surface area contributed by atoms with Crippen molar-refractivity contribution in [3.63, 3.8) is 0 Å². The zero-order valence-electron chi connectivity index (χ0n) is 12.8. The minimum Gasteiger partial charge on any atom is -0.0546 e. The van der Waals surface area contributed by atoms with Gasteiger partial charge in [-0.2, -0.15) is 0 Å². The summed E-state index contributed by atoms with van der Waals surface area (Å²) in [4.78, 5) is 0. The molecular formula is C21H24. The second-order valence-electron chi connectivity index (χ2n) is 7.66. The molecule has 4 aliphatic rings. The van der Waals surface area contributed by atoms with Crippen molar-refractivity contribution in [2.75, 3.05) is 0 Å². The maximum atomic E-state index is 2.57. The van der Waals surface area contributed by atoms with Crippen molar-refractivity contribution in [1.82, 2.24) is 0 Å². The van der Waals surface area contributed by atoms with Crippen LogP contribution < -0.4 is 0 Å².